The Kier molecular flexibility index (Phi) is 7.32. The van der Waals surface area contributed by atoms with Gasteiger partial charge in [-0.25, -0.2) is 4.39 Å². The molecule has 0 aliphatic rings. The summed E-state index contributed by atoms with van der Waals surface area (Å²) < 4.78 is 52.5. The minimum Gasteiger partial charge on any atom is -0.507 e. The SMILES string of the molecule is CC(C)(C)NCc1cc(-c2ccc(CF)c(Cl)c2)cc(-c2ccc(C(F)(F)F)c(Cl)c2)c1O. The lowest BCUT2D eigenvalue weighted by Gasteiger charge is -2.22. The lowest BCUT2D eigenvalue weighted by Crippen LogP contribution is -2.35. The molecular weight excluding hydrogens is 477 g/mol. The van der Waals surface area contributed by atoms with Crippen molar-refractivity contribution < 1.29 is 22.7 Å². The molecule has 8 heteroatoms. The van der Waals surface area contributed by atoms with Crippen LogP contribution in [0.3, 0.4) is 0 Å². The predicted molar refractivity (Wildman–Crippen MR) is 125 cm³/mol. The van der Waals surface area contributed by atoms with E-state index in [9.17, 15) is 22.7 Å². The molecule has 0 saturated heterocycles. The van der Waals surface area contributed by atoms with Crippen LogP contribution in [0.15, 0.2) is 48.5 Å². The van der Waals surface area contributed by atoms with Crippen LogP contribution in [0.2, 0.25) is 10.0 Å². The van der Waals surface area contributed by atoms with Crippen LogP contribution in [-0.2, 0) is 19.4 Å². The number of hydrogen-bond donors (Lipinski definition) is 2. The smallest absolute Gasteiger partial charge is 0.417 e. The standard InChI is InChI=1S/C25H23Cl2F4NO/c1-24(2,3)32-13-18-8-17(14-4-5-16(12-28)21(26)10-14)9-19(23(18)33)15-6-7-20(22(27)11-15)25(29,30)31/h4-11,32-33H,12-13H2,1-3H3. The van der Waals surface area contributed by atoms with Crippen LogP contribution in [0.1, 0.15) is 37.5 Å². The lowest BCUT2D eigenvalue weighted by molar-refractivity contribution is -0.137. The van der Waals surface area contributed by atoms with Gasteiger partial charge in [-0.1, -0.05) is 41.4 Å². The largest absolute Gasteiger partial charge is 0.507 e. The molecule has 0 aliphatic carbocycles. The van der Waals surface area contributed by atoms with Crippen molar-refractivity contribution in [2.24, 2.45) is 0 Å². The highest BCUT2D eigenvalue weighted by Gasteiger charge is 2.33. The molecule has 33 heavy (non-hydrogen) atoms. The van der Waals surface area contributed by atoms with E-state index in [1.165, 1.54) is 12.1 Å². The number of rotatable bonds is 5. The summed E-state index contributed by atoms with van der Waals surface area (Å²) in [6.07, 6.45) is -4.59. The van der Waals surface area contributed by atoms with Crippen molar-refractivity contribution >= 4 is 23.2 Å². The van der Waals surface area contributed by atoms with Gasteiger partial charge < -0.3 is 10.4 Å². The van der Waals surface area contributed by atoms with Crippen molar-refractivity contribution in [3.05, 3.63) is 75.3 Å². The predicted octanol–water partition coefficient (Wildman–Crippen LogP) is 8.41. The molecule has 0 aliphatic heterocycles. The van der Waals surface area contributed by atoms with Crippen LogP contribution >= 0.6 is 23.2 Å². The Morgan fingerprint density at radius 3 is 2.00 bits per heavy atom. The first-order valence-corrected chi connectivity index (χ1v) is 10.9. The van der Waals surface area contributed by atoms with Gasteiger partial charge in [-0.2, -0.15) is 13.2 Å². The summed E-state index contributed by atoms with van der Waals surface area (Å²) >= 11 is 12.1. The van der Waals surface area contributed by atoms with Crippen molar-refractivity contribution in [2.45, 2.75) is 45.7 Å². The fraction of sp³-hybridized carbons (Fsp3) is 0.280. The van der Waals surface area contributed by atoms with Gasteiger partial charge in [0.15, 0.2) is 0 Å². The zero-order valence-electron chi connectivity index (χ0n) is 18.2. The second-order valence-electron chi connectivity index (χ2n) is 8.77. The number of nitrogens with one attached hydrogen (secondary N) is 1. The van der Waals surface area contributed by atoms with Crippen molar-refractivity contribution in [3.8, 4) is 28.0 Å². The van der Waals surface area contributed by atoms with E-state index >= 15 is 0 Å². The molecule has 176 valence electrons. The first-order valence-electron chi connectivity index (χ1n) is 10.1. The number of halogens is 6. The number of alkyl halides is 4. The summed E-state index contributed by atoms with van der Waals surface area (Å²) in [5.41, 5.74) is 1.68. The summed E-state index contributed by atoms with van der Waals surface area (Å²) in [5.74, 6) is -0.0715. The highest BCUT2D eigenvalue weighted by atomic mass is 35.5. The molecule has 0 amide bonds. The average molecular weight is 500 g/mol. The Labute approximate surface area is 200 Å². The summed E-state index contributed by atoms with van der Waals surface area (Å²) in [6.45, 7) is 5.52. The number of aromatic hydroxyl groups is 1. The fourth-order valence-corrected chi connectivity index (χ4v) is 3.84. The molecule has 0 fully saturated rings. The maximum absolute atomic E-state index is 13.1. The minimum atomic E-state index is -4.59. The van der Waals surface area contributed by atoms with Gasteiger partial charge in [-0.15, -0.1) is 0 Å². The summed E-state index contributed by atoms with van der Waals surface area (Å²) in [4.78, 5) is 0. The number of phenolic OH excluding ortho intramolecular Hbond substituents is 1. The molecule has 0 heterocycles. The Hall–Kier alpha value is -2.28. The van der Waals surface area contributed by atoms with E-state index < -0.39 is 23.4 Å². The van der Waals surface area contributed by atoms with E-state index in [1.54, 1.807) is 30.3 Å². The topological polar surface area (TPSA) is 32.3 Å². The Bertz CT molecular complexity index is 1170. The molecular formula is C25H23Cl2F4NO. The molecule has 3 rings (SSSR count). The van der Waals surface area contributed by atoms with Crippen molar-refractivity contribution in [2.75, 3.05) is 0 Å². The van der Waals surface area contributed by atoms with Crippen LogP contribution in [0, 0.1) is 0 Å². The van der Waals surface area contributed by atoms with Crippen molar-refractivity contribution in [1.29, 1.82) is 0 Å². The molecule has 0 saturated carbocycles. The van der Waals surface area contributed by atoms with Gasteiger partial charge in [0.05, 0.1) is 10.6 Å². The molecule has 2 N–H and O–H groups in total. The van der Waals surface area contributed by atoms with Gasteiger partial charge in [0.25, 0.3) is 0 Å². The van der Waals surface area contributed by atoms with Gasteiger partial charge in [-0.05, 0) is 67.8 Å². The summed E-state index contributed by atoms with van der Waals surface area (Å²) in [6, 6.07) is 11.7. The Balaban J connectivity index is 2.17. The molecule has 0 aromatic heterocycles. The fourth-order valence-electron chi connectivity index (χ4n) is 3.32. The third-order valence-electron chi connectivity index (χ3n) is 5.11. The summed E-state index contributed by atoms with van der Waals surface area (Å²) in [5, 5.41) is 14.1. The highest BCUT2D eigenvalue weighted by molar-refractivity contribution is 6.32. The Morgan fingerprint density at radius 1 is 0.818 bits per heavy atom. The first kappa shape index (κ1) is 25.3. The van der Waals surface area contributed by atoms with E-state index in [0.717, 1.165) is 6.07 Å². The number of benzene rings is 3. The quantitative estimate of drug-likeness (QED) is 0.345. The van der Waals surface area contributed by atoms with Crippen molar-refractivity contribution in [1.82, 2.24) is 5.32 Å². The minimum absolute atomic E-state index is 0.0715. The van der Waals surface area contributed by atoms with E-state index in [0.29, 0.717) is 39.9 Å². The summed E-state index contributed by atoms with van der Waals surface area (Å²) in [7, 11) is 0. The van der Waals surface area contributed by atoms with E-state index in [1.807, 2.05) is 20.8 Å². The van der Waals surface area contributed by atoms with Gasteiger partial charge in [0, 0.05) is 33.8 Å². The molecule has 0 radical (unpaired) electrons. The molecule has 0 unspecified atom stereocenters. The maximum atomic E-state index is 13.1. The first-order chi connectivity index (χ1) is 15.3. The molecule has 0 bridgehead atoms. The number of hydrogen-bond acceptors (Lipinski definition) is 2. The van der Waals surface area contributed by atoms with E-state index in [4.69, 9.17) is 23.2 Å². The van der Waals surface area contributed by atoms with E-state index in [2.05, 4.69) is 5.32 Å². The molecule has 0 spiro atoms. The van der Waals surface area contributed by atoms with Crippen LogP contribution in [-0.4, -0.2) is 10.6 Å². The highest BCUT2D eigenvalue weighted by Crippen LogP contribution is 2.41. The monoisotopic (exact) mass is 499 g/mol. The second-order valence-corrected chi connectivity index (χ2v) is 9.58. The Morgan fingerprint density at radius 2 is 1.45 bits per heavy atom. The average Bonchev–Trinajstić information content (AvgIpc) is 2.71. The van der Waals surface area contributed by atoms with E-state index in [-0.39, 0.29) is 16.3 Å². The molecule has 3 aromatic rings. The normalized spacial score (nSPS) is 12.3. The van der Waals surface area contributed by atoms with Crippen LogP contribution in [0.5, 0.6) is 5.75 Å². The van der Waals surface area contributed by atoms with Crippen molar-refractivity contribution in [3.63, 3.8) is 0 Å². The third kappa shape index (κ3) is 5.99. The zero-order valence-corrected chi connectivity index (χ0v) is 19.8. The molecule has 0 atom stereocenters. The van der Waals surface area contributed by atoms with Crippen LogP contribution < -0.4 is 5.32 Å². The number of phenols is 1. The second kappa shape index (κ2) is 9.53. The van der Waals surface area contributed by atoms with Crippen LogP contribution in [0.25, 0.3) is 22.3 Å². The zero-order chi connectivity index (χ0) is 24.6. The van der Waals surface area contributed by atoms with Crippen LogP contribution in [0.4, 0.5) is 17.6 Å². The molecule has 2 nitrogen and oxygen atoms in total. The van der Waals surface area contributed by atoms with Gasteiger partial charge in [0.1, 0.15) is 12.4 Å². The lowest BCUT2D eigenvalue weighted by atomic mass is 9.93. The third-order valence-corrected chi connectivity index (χ3v) is 5.78. The van der Waals surface area contributed by atoms with Gasteiger partial charge >= 0.3 is 6.18 Å². The maximum Gasteiger partial charge on any atom is 0.417 e. The van der Waals surface area contributed by atoms with Gasteiger partial charge in [0.2, 0.25) is 0 Å². The molecule has 3 aromatic carbocycles. The van der Waals surface area contributed by atoms with Gasteiger partial charge in [-0.3, -0.25) is 0 Å².